The van der Waals surface area contributed by atoms with Crippen molar-refractivity contribution in [2.75, 3.05) is 13.2 Å². The van der Waals surface area contributed by atoms with Gasteiger partial charge in [-0.25, -0.2) is 0 Å². The number of carbonyl (C=O) groups excluding carboxylic acids is 3. The summed E-state index contributed by atoms with van der Waals surface area (Å²) in [7, 11) is 0. The number of rotatable bonds is 53. The van der Waals surface area contributed by atoms with Crippen molar-refractivity contribution in [2.24, 2.45) is 0 Å². The largest absolute Gasteiger partial charge is 0.462 e. The minimum absolute atomic E-state index is 0.0867. The van der Waals surface area contributed by atoms with Gasteiger partial charge in [-0.05, 0) is 96.3 Å². The van der Waals surface area contributed by atoms with Crippen molar-refractivity contribution in [1.82, 2.24) is 0 Å². The summed E-state index contributed by atoms with van der Waals surface area (Å²) in [4.78, 5) is 38.2. The molecule has 0 spiro atoms. The van der Waals surface area contributed by atoms with Crippen LogP contribution in [0.1, 0.15) is 290 Å². The number of hydrogen-bond acceptors (Lipinski definition) is 6. The molecular weight excluding hydrogens is 853 g/mol. The van der Waals surface area contributed by atoms with Gasteiger partial charge < -0.3 is 14.2 Å². The van der Waals surface area contributed by atoms with Crippen LogP contribution in [-0.2, 0) is 28.6 Å². The Kier molecular flexibility index (Phi) is 54.8. The van der Waals surface area contributed by atoms with Gasteiger partial charge in [0.25, 0.3) is 0 Å². The zero-order valence-corrected chi connectivity index (χ0v) is 45.6. The molecule has 6 heteroatoms. The van der Waals surface area contributed by atoms with Gasteiger partial charge in [0.15, 0.2) is 6.10 Å². The second-order valence-corrected chi connectivity index (χ2v) is 19.6. The molecule has 69 heavy (non-hydrogen) atoms. The van der Waals surface area contributed by atoms with Crippen LogP contribution in [0.25, 0.3) is 0 Å². The third kappa shape index (κ3) is 55.6. The molecule has 0 amide bonds. The number of hydrogen-bond donors (Lipinski definition) is 0. The van der Waals surface area contributed by atoms with Crippen LogP contribution in [0.15, 0.2) is 72.9 Å². The summed E-state index contributed by atoms with van der Waals surface area (Å²) in [6.07, 6.45) is 73.1. The third-order valence-corrected chi connectivity index (χ3v) is 12.7. The summed E-state index contributed by atoms with van der Waals surface area (Å²) >= 11 is 0. The Hall–Kier alpha value is -3.15. The van der Waals surface area contributed by atoms with Crippen molar-refractivity contribution in [3.8, 4) is 0 Å². The predicted octanol–water partition coefficient (Wildman–Crippen LogP) is 19.8. The molecule has 6 nitrogen and oxygen atoms in total. The van der Waals surface area contributed by atoms with Gasteiger partial charge in [0, 0.05) is 19.3 Å². The number of esters is 3. The Morgan fingerprint density at radius 2 is 0.522 bits per heavy atom. The number of allylic oxidation sites excluding steroid dienone is 12. The molecule has 0 saturated heterocycles. The normalized spacial score (nSPS) is 12.6. The van der Waals surface area contributed by atoms with Gasteiger partial charge in [0.05, 0.1) is 0 Å². The molecule has 0 fully saturated rings. The molecule has 0 bridgehead atoms. The minimum atomic E-state index is -0.792. The van der Waals surface area contributed by atoms with Gasteiger partial charge in [-0.2, -0.15) is 0 Å². The fraction of sp³-hybridized carbons (Fsp3) is 0.762. The first-order chi connectivity index (χ1) is 34.0. The highest BCUT2D eigenvalue weighted by molar-refractivity contribution is 5.71. The third-order valence-electron chi connectivity index (χ3n) is 12.7. The summed E-state index contributed by atoms with van der Waals surface area (Å²) in [6.45, 7) is 6.58. The van der Waals surface area contributed by atoms with Crippen molar-refractivity contribution in [1.29, 1.82) is 0 Å². The summed E-state index contributed by atoms with van der Waals surface area (Å²) in [5.41, 5.74) is 0. The van der Waals surface area contributed by atoms with Crippen molar-refractivity contribution >= 4 is 17.9 Å². The Labute approximate surface area is 427 Å². The van der Waals surface area contributed by atoms with E-state index in [0.29, 0.717) is 19.3 Å². The monoisotopic (exact) mass is 963 g/mol. The van der Waals surface area contributed by atoms with Gasteiger partial charge in [0.1, 0.15) is 13.2 Å². The maximum atomic E-state index is 12.9. The SMILES string of the molecule is CCCCC/C=C\C/C=C\C/C=C\CCCCCCCCC(=O)OC[C@@H](COC(=O)CCCCCCCCCCCCCCCCC)OC(=O)CCCCCC/C=C\C/C=C\C/C=C\CCCCC. The number of carbonyl (C=O) groups is 3. The first-order valence-corrected chi connectivity index (χ1v) is 29.4. The van der Waals surface area contributed by atoms with Crippen molar-refractivity contribution < 1.29 is 28.6 Å². The van der Waals surface area contributed by atoms with E-state index in [4.69, 9.17) is 14.2 Å². The van der Waals surface area contributed by atoms with Crippen molar-refractivity contribution in [3.63, 3.8) is 0 Å². The molecule has 0 aliphatic carbocycles. The number of unbranched alkanes of at least 4 members (excludes halogenated alkanes) is 30. The zero-order valence-electron chi connectivity index (χ0n) is 45.6. The molecule has 0 N–H and O–H groups in total. The van der Waals surface area contributed by atoms with Crippen LogP contribution in [0.5, 0.6) is 0 Å². The maximum absolute atomic E-state index is 12.9. The molecule has 0 aromatic heterocycles. The van der Waals surface area contributed by atoms with E-state index >= 15 is 0 Å². The highest BCUT2D eigenvalue weighted by Gasteiger charge is 2.19. The van der Waals surface area contributed by atoms with E-state index in [0.717, 1.165) is 103 Å². The molecule has 0 saturated carbocycles. The van der Waals surface area contributed by atoms with Crippen LogP contribution < -0.4 is 0 Å². The predicted molar refractivity (Wildman–Crippen MR) is 298 cm³/mol. The minimum Gasteiger partial charge on any atom is -0.462 e. The second-order valence-electron chi connectivity index (χ2n) is 19.6. The van der Waals surface area contributed by atoms with Crippen LogP contribution in [0.4, 0.5) is 0 Å². The van der Waals surface area contributed by atoms with Gasteiger partial charge in [-0.1, -0.05) is 248 Å². The van der Waals surface area contributed by atoms with E-state index in [1.165, 1.54) is 148 Å². The van der Waals surface area contributed by atoms with Gasteiger partial charge in [-0.3, -0.25) is 14.4 Å². The number of ether oxygens (including phenoxy) is 3. The van der Waals surface area contributed by atoms with E-state index in [-0.39, 0.29) is 31.1 Å². The topological polar surface area (TPSA) is 78.9 Å². The van der Waals surface area contributed by atoms with E-state index in [9.17, 15) is 14.4 Å². The average molecular weight is 964 g/mol. The van der Waals surface area contributed by atoms with Crippen molar-refractivity contribution in [2.45, 2.75) is 297 Å². The molecule has 0 aromatic carbocycles. The van der Waals surface area contributed by atoms with Crippen LogP contribution >= 0.6 is 0 Å². The summed E-state index contributed by atoms with van der Waals surface area (Å²) < 4.78 is 16.9. The smallest absolute Gasteiger partial charge is 0.306 e. The lowest BCUT2D eigenvalue weighted by Crippen LogP contribution is -2.30. The molecule has 0 unspecified atom stereocenters. The van der Waals surface area contributed by atoms with Gasteiger partial charge >= 0.3 is 17.9 Å². The van der Waals surface area contributed by atoms with E-state index in [1.807, 2.05) is 0 Å². The maximum Gasteiger partial charge on any atom is 0.306 e. The van der Waals surface area contributed by atoms with Crippen LogP contribution in [-0.4, -0.2) is 37.2 Å². The van der Waals surface area contributed by atoms with Crippen molar-refractivity contribution in [3.05, 3.63) is 72.9 Å². The molecule has 0 radical (unpaired) electrons. The lowest BCUT2D eigenvalue weighted by Gasteiger charge is -2.18. The quantitative estimate of drug-likeness (QED) is 0.0262. The lowest BCUT2D eigenvalue weighted by atomic mass is 10.0. The fourth-order valence-electron chi connectivity index (χ4n) is 8.22. The van der Waals surface area contributed by atoms with E-state index in [1.54, 1.807) is 0 Å². The lowest BCUT2D eigenvalue weighted by molar-refractivity contribution is -0.167. The van der Waals surface area contributed by atoms with Crippen LogP contribution in [0, 0.1) is 0 Å². The molecular formula is C63H110O6. The Morgan fingerprint density at radius 1 is 0.290 bits per heavy atom. The Morgan fingerprint density at radius 3 is 0.841 bits per heavy atom. The zero-order chi connectivity index (χ0) is 50.0. The molecule has 0 aromatic rings. The van der Waals surface area contributed by atoms with Gasteiger partial charge in [-0.15, -0.1) is 0 Å². The average Bonchev–Trinajstić information content (AvgIpc) is 3.35. The summed E-state index contributed by atoms with van der Waals surface area (Å²) in [6, 6.07) is 0. The molecule has 1 atom stereocenters. The molecule has 0 heterocycles. The van der Waals surface area contributed by atoms with E-state index < -0.39 is 6.10 Å². The molecule has 398 valence electrons. The molecule has 0 aliphatic rings. The van der Waals surface area contributed by atoms with E-state index in [2.05, 4.69) is 93.7 Å². The Balaban J connectivity index is 4.43. The summed E-state index contributed by atoms with van der Waals surface area (Å²) in [5, 5.41) is 0. The van der Waals surface area contributed by atoms with Crippen LogP contribution in [0.2, 0.25) is 0 Å². The highest BCUT2D eigenvalue weighted by atomic mass is 16.6. The van der Waals surface area contributed by atoms with Crippen LogP contribution in [0.3, 0.4) is 0 Å². The fourth-order valence-corrected chi connectivity index (χ4v) is 8.22. The summed E-state index contributed by atoms with van der Waals surface area (Å²) in [5.74, 6) is -0.911. The van der Waals surface area contributed by atoms with Gasteiger partial charge in [0.2, 0.25) is 0 Å². The first kappa shape index (κ1) is 65.8. The highest BCUT2D eigenvalue weighted by Crippen LogP contribution is 2.16. The molecule has 0 aliphatic heterocycles. The Bertz CT molecular complexity index is 1290. The first-order valence-electron chi connectivity index (χ1n) is 29.4. The second kappa shape index (κ2) is 57.4. The molecule has 0 rings (SSSR count). The standard InChI is InChI=1S/C63H110O6/c1-4-7-10-13-16-19-22-25-28-30-31-33-35-38-41-44-47-50-53-56-62(65)68-59-60(58-67-61(64)55-52-49-46-43-40-37-34-27-24-21-18-15-12-9-6-3)69-63(66)57-54-51-48-45-42-39-36-32-29-26-23-20-17-14-11-8-5-2/h16-17,19-20,25-26,28-29,31,33,36,39,60H,4-15,18,21-24,27,30,32,34-35,37-38,40-59H2,1-3H3/b19-16-,20-17-,28-25-,29-26-,33-31-,39-36-/t60-/m1/s1.